The molecule has 0 amide bonds. The van der Waals surface area contributed by atoms with Crippen LogP contribution in [-0.2, 0) is 26.9 Å². The highest BCUT2D eigenvalue weighted by atomic mass is 32.2. The van der Waals surface area contributed by atoms with Crippen molar-refractivity contribution in [1.29, 1.82) is 0 Å². The van der Waals surface area contributed by atoms with Crippen LogP contribution in [0.15, 0.2) is 84.9 Å². The number of esters is 1. The first-order valence-corrected chi connectivity index (χ1v) is 10.9. The third-order valence-electron chi connectivity index (χ3n) is 4.52. The summed E-state index contributed by atoms with van der Waals surface area (Å²) < 4.78 is 32.7. The summed E-state index contributed by atoms with van der Waals surface area (Å²) in [5, 5.41) is 0. The highest BCUT2D eigenvalue weighted by Crippen LogP contribution is 2.22. The maximum absolute atomic E-state index is 13.3. The van der Waals surface area contributed by atoms with Crippen LogP contribution in [0, 0.1) is 0 Å². The third kappa shape index (κ3) is 5.45. The third-order valence-corrected chi connectivity index (χ3v) is 6.29. The number of carbonyl (C=O) groups is 1. The van der Waals surface area contributed by atoms with Crippen LogP contribution in [0.3, 0.4) is 0 Å². The lowest BCUT2D eigenvalue weighted by Crippen LogP contribution is -2.34. The van der Waals surface area contributed by atoms with Crippen LogP contribution in [0.4, 0.5) is 5.69 Å². The Bertz CT molecular complexity index is 1050. The first kappa shape index (κ1) is 20.6. The van der Waals surface area contributed by atoms with E-state index < -0.39 is 16.0 Å². The number of benzene rings is 3. The fourth-order valence-electron chi connectivity index (χ4n) is 3.09. The Balaban J connectivity index is 1.86. The molecule has 0 unspecified atom stereocenters. The number of ether oxygens (including phenoxy) is 1. The van der Waals surface area contributed by atoms with E-state index in [1.54, 1.807) is 36.4 Å². The Hall–Kier alpha value is -3.12. The summed E-state index contributed by atoms with van der Waals surface area (Å²) in [5.74, 6) is -0.699. The van der Waals surface area contributed by atoms with Gasteiger partial charge in [-0.2, -0.15) is 0 Å². The highest BCUT2D eigenvalue weighted by Gasteiger charge is 2.23. The van der Waals surface area contributed by atoms with Gasteiger partial charge < -0.3 is 4.74 Å². The fraction of sp³-hybridized carbons (Fsp3) is 0.174. The first-order valence-electron chi connectivity index (χ1n) is 9.26. The number of sulfonamides is 1. The first-order chi connectivity index (χ1) is 14.0. The lowest BCUT2D eigenvalue weighted by molar-refractivity contribution is 0.0600. The maximum Gasteiger partial charge on any atom is 0.337 e. The molecule has 0 heterocycles. The number of anilines is 1. The van der Waals surface area contributed by atoms with E-state index in [9.17, 15) is 13.2 Å². The monoisotopic (exact) mass is 409 g/mol. The molecule has 5 nitrogen and oxygen atoms in total. The zero-order valence-corrected chi connectivity index (χ0v) is 17.0. The highest BCUT2D eigenvalue weighted by molar-refractivity contribution is 7.92. The molecule has 3 aromatic carbocycles. The van der Waals surface area contributed by atoms with Crippen LogP contribution in [0.5, 0.6) is 0 Å². The van der Waals surface area contributed by atoms with Crippen molar-refractivity contribution in [3.05, 3.63) is 102 Å². The summed E-state index contributed by atoms with van der Waals surface area (Å²) >= 11 is 0. The predicted octanol–water partition coefficient (Wildman–Crippen LogP) is 4.05. The second-order valence-electron chi connectivity index (χ2n) is 6.59. The lowest BCUT2D eigenvalue weighted by atomic mass is 10.1. The number of methoxy groups -OCH3 is 1. The zero-order chi connectivity index (χ0) is 20.7. The molecular weight excluding hydrogens is 386 g/mol. The van der Waals surface area contributed by atoms with Crippen molar-refractivity contribution in [3.8, 4) is 0 Å². The molecule has 150 valence electrons. The average molecular weight is 410 g/mol. The van der Waals surface area contributed by atoms with E-state index >= 15 is 0 Å². The molecule has 0 saturated heterocycles. The number of hydrogen-bond donors (Lipinski definition) is 0. The van der Waals surface area contributed by atoms with Gasteiger partial charge in [0.2, 0.25) is 10.0 Å². The summed E-state index contributed by atoms with van der Waals surface area (Å²) in [6.07, 6.45) is 0.594. The second kappa shape index (κ2) is 9.39. The van der Waals surface area contributed by atoms with E-state index in [1.807, 2.05) is 48.5 Å². The number of carbonyl (C=O) groups excluding carboxylic acids is 1. The molecular formula is C23H23NO4S. The van der Waals surface area contributed by atoms with E-state index in [0.29, 0.717) is 29.8 Å². The molecule has 0 fully saturated rings. The summed E-state index contributed by atoms with van der Waals surface area (Å²) in [6, 6.07) is 25.4. The van der Waals surface area contributed by atoms with Gasteiger partial charge in [-0.25, -0.2) is 13.2 Å². The summed E-state index contributed by atoms with van der Waals surface area (Å²) in [6.45, 7) is 0.326. The van der Waals surface area contributed by atoms with Gasteiger partial charge in [0.25, 0.3) is 0 Å². The van der Waals surface area contributed by atoms with E-state index in [4.69, 9.17) is 4.74 Å². The Labute approximate surface area is 171 Å². The molecule has 0 bridgehead atoms. The molecule has 0 aliphatic rings. The minimum Gasteiger partial charge on any atom is -0.465 e. The van der Waals surface area contributed by atoms with E-state index in [-0.39, 0.29) is 5.75 Å². The molecule has 3 rings (SSSR count). The van der Waals surface area contributed by atoms with E-state index in [0.717, 1.165) is 5.56 Å². The maximum atomic E-state index is 13.3. The molecule has 0 N–H and O–H groups in total. The minimum absolute atomic E-state index is 0.207. The van der Waals surface area contributed by atoms with Gasteiger partial charge in [0, 0.05) is 6.54 Å². The molecule has 0 aliphatic carbocycles. The number of para-hydroxylation sites is 1. The Kier molecular flexibility index (Phi) is 6.67. The molecule has 0 aromatic heterocycles. The fourth-order valence-corrected chi connectivity index (χ4v) is 4.66. The minimum atomic E-state index is -3.67. The van der Waals surface area contributed by atoms with Crippen LogP contribution in [-0.4, -0.2) is 28.0 Å². The van der Waals surface area contributed by atoms with Crippen molar-refractivity contribution in [2.45, 2.75) is 12.2 Å². The second-order valence-corrected chi connectivity index (χ2v) is 8.48. The number of nitrogens with zero attached hydrogens (tertiary/aromatic N) is 1. The Morgan fingerprint density at radius 3 is 2.14 bits per heavy atom. The summed E-state index contributed by atoms with van der Waals surface area (Å²) in [5.41, 5.74) is 2.55. The summed E-state index contributed by atoms with van der Waals surface area (Å²) in [7, 11) is -2.37. The number of rotatable bonds is 8. The van der Waals surface area contributed by atoms with Crippen LogP contribution < -0.4 is 4.31 Å². The van der Waals surface area contributed by atoms with Gasteiger partial charge in [0.1, 0.15) is 0 Å². The molecule has 0 saturated carbocycles. The SMILES string of the molecule is COC(=O)c1cccc(CS(=O)(=O)N(CCc2ccccc2)c2ccccc2)c1. The van der Waals surface area contributed by atoms with Crippen LogP contribution in [0.1, 0.15) is 21.5 Å². The molecule has 6 heteroatoms. The molecule has 0 atom stereocenters. The van der Waals surface area contributed by atoms with Crippen molar-refractivity contribution in [3.63, 3.8) is 0 Å². The molecule has 29 heavy (non-hydrogen) atoms. The van der Waals surface area contributed by atoms with Gasteiger partial charge in [0.15, 0.2) is 0 Å². The lowest BCUT2D eigenvalue weighted by Gasteiger charge is -2.25. The van der Waals surface area contributed by atoms with Crippen molar-refractivity contribution in [2.24, 2.45) is 0 Å². The van der Waals surface area contributed by atoms with Crippen LogP contribution >= 0.6 is 0 Å². The van der Waals surface area contributed by atoms with Gasteiger partial charge >= 0.3 is 5.97 Å². The quantitative estimate of drug-likeness (QED) is 0.527. The molecule has 3 aromatic rings. The van der Waals surface area contributed by atoms with Crippen molar-refractivity contribution in [1.82, 2.24) is 0 Å². The topological polar surface area (TPSA) is 63.7 Å². The van der Waals surface area contributed by atoms with Crippen molar-refractivity contribution < 1.29 is 17.9 Å². The molecule has 0 aliphatic heterocycles. The van der Waals surface area contributed by atoms with Crippen LogP contribution in [0.2, 0.25) is 0 Å². The Morgan fingerprint density at radius 1 is 0.862 bits per heavy atom. The Morgan fingerprint density at radius 2 is 1.48 bits per heavy atom. The van der Waals surface area contributed by atoms with Gasteiger partial charge in [-0.15, -0.1) is 0 Å². The zero-order valence-electron chi connectivity index (χ0n) is 16.2. The smallest absolute Gasteiger partial charge is 0.337 e. The van der Waals surface area contributed by atoms with E-state index in [1.165, 1.54) is 11.4 Å². The van der Waals surface area contributed by atoms with Gasteiger partial charge in [-0.3, -0.25) is 4.31 Å². The van der Waals surface area contributed by atoms with Crippen molar-refractivity contribution in [2.75, 3.05) is 18.0 Å². The van der Waals surface area contributed by atoms with Crippen molar-refractivity contribution >= 4 is 21.7 Å². The molecule has 0 radical (unpaired) electrons. The predicted molar refractivity (Wildman–Crippen MR) is 114 cm³/mol. The van der Waals surface area contributed by atoms with E-state index in [2.05, 4.69) is 0 Å². The summed E-state index contributed by atoms with van der Waals surface area (Å²) in [4.78, 5) is 11.8. The molecule has 0 spiro atoms. The standard InChI is InChI=1S/C23H23NO4S/c1-28-23(25)21-12-8-11-20(17-21)18-29(26,27)24(22-13-6-3-7-14-22)16-15-19-9-4-2-5-10-19/h2-14,17H,15-16,18H2,1H3. The van der Waals surface area contributed by atoms with Crippen LogP contribution in [0.25, 0.3) is 0 Å². The van der Waals surface area contributed by atoms with Gasteiger partial charge in [-0.05, 0) is 41.8 Å². The number of hydrogen-bond acceptors (Lipinski definition) is 4. The van der Waals surface area contributed by atoms with Gasteiger partial charge in [0.05, 0.1) is 24.1 Å². The largest absolute Gasteiger partial charge is 0.465 e. The normalized spacial score (nSPS) is 11.1. The average Bonchev–Trinajstić information content (AvgIpc) is 2.74. The van der Waals surface area contributed by atoms with Gasteiger partial charge in [-0.1, -0.05) is 60.7 Å².